The van der Waals surface area contributed by atoms with Crippen molar-refractivity contribution in [2.45, 2.75) is 52.4 Å². The number of carbonyl (C=O) groups excluding carboxylic acids is 2. The van der Waals surface area contributed by atoms with Gasteiger partial charge in [-0.1, -0.05) is 58.4 Å². The Balaban J connectivity index is 1.98. The Bertz CT molecular complexity index is 1390. The highest BCUT2D eigenvalue weighted by molar-refractivity contribution is 6.32. The van der Waals surface area contributed by atoms with Gasteiger partial charge >= 0.3 is 12.4 Å². The number of nitrogens with one attached hydrogen (secondary N) is 1. The maximum absolute atomic E-state index is 13.4. The van der Waals surface area contributed by atoms with Crippen LogP contribution in [-0.2, 0) is 22.6 Å². The van der Waals surface area contributed by atoms with E-state index < -0.39 is 52.8 Å². The van der Waals surface area contributed by atoms with E-state index in [2.05, 4.69) is 10.4 Å². The van der Waals surface area contributed by atoms with Crippen molar-refractivity contribution >= 4 is 29.2 Å². The van der Waals surface area contributed by atoms with Crippen molar-refractivity contribution in [3.8, 4) is 5.69 Å². The van der Waals surface area contributed by atoms with Gasteiger partial charge in [-0.3, -0.25) is 9.59 Å². The minimum absolute atomic E-state index is 0.0566. The van der Waals surface area contributed by atoms with Gasteiger partial charge in [-0.25, -0.2) is 4.68 Å². The van der Waals surface area contributed by atoms with Crippen LogP contribution in [0.5, 0.6) is 0 Å². The number of halogens is 7. The first-order chi connectivity index (χ1) is 18.8. The van der Waals surface area contributed by atoms with Crippen molar-refractivity contribution in [1.82, 2.24) is 14.7 Å². The van der Waals surface area contributed by atoms with Crippen LogP contribution in [0.2, 0.25) is 5.02 Å². The average Bonchev–Trinajstić information content (AvgIpc) is 3.25. The van der Waals surface area contributed by atoms with Gasteiger partial charge in [-0.05, 0) is 36.2 Å². The van der Waals surface area contributed by atoms with E-state index in [4.69, 9.17) is 11.6 Å². The van der Waals surface area contributed by atoms with Crippen LogP contribution in [0, 0.1) is 5.92 Å². The molecular weight excluding hydrogens is 574 g/mol. The van der Waals surface area contributed by atoms with Gasteiger partial charge in [-0.15, -0.1) is 0 Å². The molecule has 1 heterocycles. The number of benzene rings is 2. The van der Waals surface area contributed by atoms with E-state index in [-0.39, 0.29) is 24.3 Å². The van der Waals surface area contributed by atoms with E-state index in [1.54, 1.807) is 44.2 Å². The average molecular weight is 603 g/mol. The molecule has 3 rings (SSSR count). The molecule has 1 N–H and O–H groups in total. The zero-order chi connectivity index (χ0) is 30.9. The molecule has 13 heteroatoms. The molecule has 0 fully saturated rings. The van der Waals surface area contributed by atoms with Crippen LogP contribution in [0.25, 0.3) is 5.69 Å². The normalized spacial score (nSPS) is 12.5. The summed E-state index contributed by atoms with van der Waals surface area (Å²) in [6.07, 6.45) is -10.3. The maximum Gasteiger partial charge on any atom is 0.416 e. The molecule has 0 spiro atoms. The second-order valence-corrected chi connectivity index (χ2v) is 11.4. The summed E-state index contributed by atoms with van der Waals surface area (Å²) in [6, 6.07) is 9.02. The van der Waals surface area contributed by atoms with Crippen LogP contribution in [0.1, 0.15) is 61.8 Å². The molecule has 1 aromatic heterocycles. The van der Waals surface area contributed by atoms with Gasteiger partial charge in [0.2, 0.25) is 5.91 Å². The highest BCUT2D eigenvalue weighted by Crippen LogP contribution is 2.37. The molecule has 0 aliphatic carbocycles. The van der Waals surface area contributed by atoms with E-state index in [9.17, 15) is 35.9 Å². The summed E-state index contributed by atoms with van der Waals surface area (Å²) in [5.41, 5.74) is -3.45. The minimum atomic E-state index is -5.13. The molecule has 222 valence electrons. The Hall–Kier alpha value is -3.54. The molecule has 6 nitrogen and oxygen atoms in total. The van der Waals surface area contributed by atoms with Crippen molar-refractivity contribution < 1.29 is 35.9 Å². The lowest BCUT2D eigenvalue weighted by atomic mass is 9.92. The predicted molar refractivity (Wildman–Crippen MR) is 143 cm³/mol. The fraction of sp³-hybridized carbons (Fsp3) is 0.393. The summed E-state index contributed by atoms with van der Waals surface area (Å²) in [5.74, 6) is -1.94. The van der Waals surface area contributed by atoms with E-state index in [0.29, 0.717) is 28.5 Å². The van der Waals surface area contributed by atoms with E-state index >= 15 is 0 Å². The Kier molecular flexibility index (Phi) is 9.17. The summed E-state index contributed by atoms with van der Waals surface area (Å²) in [6.45, 7) is 8.34. The Morgan fingerprint density at radius 1 is 0.951 bits per heavy atom. The predicted octanol–water partition coefficient (Wildman–Crippen LogP) is 7.60. The summed E-state index contributed by atoms with van der Waals surface area (Å²) in [4.78, 5) is 27.4. The van der Waals surface area contributed by atoms with Crippen molar-refractivity contribution in [2.24, 2.45) is 5.92 Å². The van der Waals surface area contributed by atoms with Gasteiger partial charge < -0.3 is 10.2 Å². The van der Waals surface area contributed by atoms with Gasteiger partial charge in [0, 0.05) is 23.6 Å². The third-order valence-corrected chi connectivity index (χ3v) is 6.19. The largest absolute Gasteiger partial charge is 0.416 e. The Morgan fingerprint density at radius 3 is 2.00 bits per heavy atom. The first kappa shape index (κ1) is 32.0. The number of alkyl halides is 6. The second kappa shape index (κ2) is 11.8. The highest BCUT2D eigenvalue weighted by atomic mass is 35.5. The lowest BCUT2D eigenvalue weighted by molar-refractivity contribution is -0.143. The van der Waals surface area contributed by atoms with Crippen molar-refractivity contribution in [3.63, 3.8) is 0 Å². The number of carbonyl (C=O) groups is 2. The fourth-order valence-electron chi connectivity index (χ4n) is 3.92. The molecule has 41 heavy (non-hydrogen) atoms. The van der Waals surface area contributed by atoms with Crippen molar-refractivity contribution in [2.75, 3.05) is 18.4 Å². The SMILES string of the molecule is CC(C)CN(CC(=O)Nc1cc(C(C)(C)C)nn1-c1ccccc1Cl)C(=O)c1cc(C(F)(F)F)cc(C(F)(F)F)c1. The number of rotatable bonds is 7. The van der Waals surface area contributed by atoms with Crippen LogP contribution in [0.3, 0.4) is 0 Å². The minimum Gasteiger partial charge on any atom is -0.329 e. The summed E-state index contributed by atoms with van der Waals surface area (Å²) in [5, 5.41) is 7.57. The molecule has 0 saturated heterocycles. The van der Waals surface area contributed by atoms with Crippen LogP contribution in [0.15, 0.2) is 48.5 Å². The first-order valence-electron chi connectivity index (χ1n) is 12.5. The molecule has 0 atom stereocenters. The van der Waals surface area contributed by atoms with Gasteiger partial charge in [-0.2, -0.15) is 31.4 Å². The monoisotopic (exact) mass is 602 g/mol. The third kappa shape index (κ3) is 8.02. The van der Waals surface area contributed by atoms with Crippen molar-refractivity contribution in [1.29, 1.82) is 0 Å². The molecule has 0 bridgehead atoms. The molecular formula is C28H29ClF6N4O2. The molecule has 0 radical (unpaired) electrons. The molecule has 0 aliphatic rings. The molecule has 0 unspecified atom stereocenters. The highest BCUT2D eigenvalue weighted by Gasteiger charge is 2.38. The molecule has 2 aromatic carbocycles. The summed E-state index contributed by atoms with van der Waals surface area (Å²) < 4.78 is 81.7. The van der Waals surface area contributed by atoms with E-state index in [0.717, 1.165) is 4.90 Å². The molecule has 2 amide bonds. The first-order valence-corrected chi connectivity index (χ1v) is 12.9. The van der Waals surface area contributed by atoms with Gasteiger partial charge in [0.05, 0.1) is 27.5 Å². The van der Waals surface area contributed by atoms with Crippen LogP contribution in [-0.4, -0.2) is 39.6 Å². The Morgan fingerprint density at radius 2 is 1.51 bits per heavy atom. The summed E-state index contributed by atoms with van der Waals surface area (Å²) in [7, 11) is 0. The number of aromatic nitrogens is 2. The van der Waals surface area contributed by atoms with Crippen LogP contribution >= 0.6 is 11.6 Å². The maximum atomic E-state index is 13.4. The Labute approximate surface area is 238 Å². The smallest absolute Gasteiger partial charge is 0.329 e. The molecule has 0 saturated carbocycles. The van der Waals surface area contributed by atoms with Crippen LogP contribution in [0.4, 0.5) is 32.2 Å². The lowest BCUT2D eigenvalue weighted by Gasteiger charge is -2.25. The van der Waals surface area contributed by atoms with Gasteiger partial charge in [0.25, 0.3) is 5.91 Å². The number of hydrogen-bond donors (Lipinski definition) is 1. The fourth-order valence-corrected chi connectivity index (χ4v) is 4.14. The van der Waals surface area contributed by atoms with Gasteiger partial charge in [0.15, 0.2) is 0 Å². The quantitative estimate of drug-likeness (QED) is 0.283. The van der Waals surface area contributed by atoms with E-state index in [1.807, 2.05) is 20.8 Å². The lowest BCUT2D eigenvalue weighted by Crippen LogP contribution is -2.40. The summed E-state index contributed by atoms with van der Waals surface area (Å²) >= 11 is 6.34. The topological polar surface area (TPSA) is 67.2 Å². The third-order valence-electron chi connectivity index (χ3n) is 5.87. The van der Waals surface area contributed by atoms with Crippen LogP contribution < -0.4 is 5.32 Å². The zero-order valence-corrected chi connectivity index (χ0v) is 23.7. The second-order valence-electron chi connectivity index (χ2n) is 11.0. The number of para-hydroxylation sites is 1. The van der Waals surface area contributed by atoms with Gasteiger partial charge in [0.1, 0.15) is 12.4 Å². The number of hydrogen-bond acceptors (Lipinski definition) is 3. The molecule has 0 aliphatic heterocycles. The number of amides is 2. The number of nitrogens with zero attached hydrogens (tertiary/aromatic N) is 3. The zero-order valence-electron chi connectivity index (χ0n) is 22.9. The van der Waals surface area contributed by atoms with Crippen molar-refractivity contribution in [3.05, 3.63) is 75.9 Å². The number of anilines is 1. The van der Waals surface area contributed by atoms with E-state index in [1.165, 1.54) is 4.68 Å². The standard InChI is InChI=1S/C28H29ClF6N4O2/c1-16(2)14-38(25(41)17-10-18(27(30,31)32)12-19(11-17)28(33,34)35)15-24(40)36-23-13-22(26(3,4)5)37-39(23)21-9-7-6-8-20(21)29/h6-13,16H,14-15H2,1-5H3,(H,36,40). The molecule has 3 aromatic rings.